The van der Waals surface area contributed by atoms with Crippen LogP contribution in [0.15, 0.2) is 42.6 Å². The van der Waals surface area contributed by atoms with Gasteiger partial charge in [0.2, 0.25) is 5.91 Å². The van der Waals surface area contributed by atoms with Gasteiger partial charge in [-0.3, -0.25) is 14.0 Å². The Kier molecular flexibility index (Phi) is 3.99. The molecule has 0 unspecified atom stereocenters. The predicted molar refractivity (Wildman–Crippen MR) is 87.4 cm³/mol. The average molecular weight is 326 g/mol. The van der Waals surface area contributed by atoms with E-state index in [9.17, 15) is 14.0 Å². The number of primary amides is 1. The van der Waals surface area contributed by atoms with Crippen molar-refractivity contribution >= 4 is 23.1 Å². The molecule has 0 radical (unpaired) electrons. The Balaban J connectivity index is 1.96. The molecule has 0 aliphatic carbocycles. The van der Waals surface area contributed by atoms with E-state index in [4.69, 9.17) is 5.73 Å². The molecule has 3 N–H and O–H groups in total. The Morgan fingerprint density at radius 2 is 1.92 bits per heavy atom. The van der Waals surface area contributed by atoms with Crippen molar-refractivity contribution in [2.45, 2.75) is 13.3 Å². The van der Waals surface area contributed by atoms with E-state index < -0.39 is 17.6 Å². The van der Waals surface area contributed by atoms with Crippen LogP contribution in [0.5, 0.6) is 0 Å². The lowest BCUT2D eigenvalue weighted by atomic mass is 10.2. The lowest BCUT2D eigenvalue weighted by molar-refractivity contribution is 0.0997. The summed E-state index contributed by atoms with van der Waals surface area (Å²) in [7, 11) is 0. The zero-order valence-electron chi connectivity index (χ0n) is 12.9. The number of pyridine rings is 1. The molecule has 1 aromatic carbocycles. The van der Waals surface area contributed by atoms with Crippen LogP contribution in [0.25, 0.3) is 5.65 Å². The van der Waals surface area contributed by atoms with E-state index >= 15 is 0 Å². The van der Waals surface area contributed by atoms with Gasteiger partial charge in [0.05, 0.1) is 5.69 Å². The number of hydrogen-bond acceptors (Lipinski definition) is 3. The fraction of sp³-hybridized carbons (Fsp3) is 0.118. The van der Waals surface area contributed by atoms with Crippen molar-refractivity contribution in [3.63, 3.8) is 0 Å². The Labute approximate surface area is 137 Å². The summed E-state index contributed by atoms with van der Waals surface area (Å²) in [4.78, 5) is 28.0. The van der Waals surface area contributed by atoms with E-state index in [1.807, 2.05) is 6.92 Å². The lowest BCUT2D eigenvalue weighted by Crippen LogP contribution is -2.17. The Bertz CT molecular complexity index is 932. The molecule has 0 aliphatic heterocycles. The van der Waals surface area contributed by atoms with Gasteiger partial charge in [0, 0.05) is 17.4 Å². The van der Waals surface area contributed by atoms with Gasteiger partial charge in [0.25, 0.3) is 5.91 Å². The van der Waals surface area contributed by atoms with Crippen molar-refractivity contribution in [1.82, 2.24) is 9.38 Å². The molecule has 3 rings (SSSR count). The number of halogens is 1. The first kappa shape index (κ1) is 15.7. The van der Waals surface area contributed by atoms with E-state index in [0.29, 0.717) is 29.0 Å². The monoisotopic (exact) mass is 326 g/mol. The number of amides is 2. The summed E-state index contributed by atoms with van der Waals surface area (Å²) in [5, 5.41) is 2.72. The van der Waals surface area contributed by atoms with Crippen molar-refractivity contribution in [3.8, 4) is 0 Å². The van der Waals surface area contributed by atoms with E-state index in [-0.39, 0.29) is 5.69 Å². The van der Waals surface area contributed by atoms with Crippen molar-refractivity contribution in [2.24, 2.45) is 5.73 Å². The molecule has 0 saturated heterocycles. The van der Waals surface area contributed by atoms with Gasteiger partial charge >= 0.3 is 0 Å². The van der Waals surface area contributed by atoms with E-state index in [2.05, 4.69) is 10.3 Å². The Morgan fingerprint density at radius 1 is 1.21 bits per heavy atom. The highest BCUT2D eigenvalue weighted by molar-refractivity contribution is 6.04. The number of aromatic nitrogens is 2. The first-order valence-electron chi connectivity index (χ1n) is 7.37. The summed E-state index contributed by atoms with van der Waals surface area (Å²) in [6, 6.07) is 9.01. The highest BCUT2D eigenvalue weighted by atomic mass is 19.1. The lowest BCUT2D eigenvalue weighted by Gasteiger charge is -2.07. The number of nitrogens with two attached hydrogens (primary N) is 1. The van der Waals surface area contributed by atoms with Gasteiger partial charge in [0.1, 0.15) is 17.2 Å². The van der Waals surface area contributed by atoms with Gasteiger partial charge in [-0.05, 0) is 42.8 Å². The molecule has 7 heteroatoms. The second kappa shape index (κ2) is 6.11. The number of rotatable bonds is 4. The first-order chi connectivity index (χ1) is 11.5. The smallest absolute Gasteiger partial charge is 0.274 e. The van der Waals surface area contributed by atoms with Gasteiger partial charge in [-0.15, -0.1) is 0 Å². The summed E-state index contributed by atoms with van der Waals surface area (Å²) >= 11 is 0. The maximum atomic E-state index is 13.5. The number of carbonyl (C=O) groups excluding carboxylic acids is 2. The van der Waals surface area contributed by atoms with Crippen LogP contribution in [-0.4, -0.2) is 21.2 Å². The standard InChI is InChI=1S/C17H15FN4O2/c1-2-13-15(22-9-11(18)5-8-14(22)21-13)17(24)20-12-6-3-10(4-7-12)16(19)23/h3-9H,2H2,1H3,(H2,19,23)(H,20,24). The van der Waals surface area contributed by atoms with Crippen molar-refractivity contribution in [1.29, 1.82) is 0 Å². The number of anilines is 1. The third-order valence-electron chi connectivity index (χ3n) is 3.63. The highest BCUT2D eigenvalue weighted by Gasteiger charge is 2.18. The molecular weight excluding hydrogens is 311 g/mol. The Hall–Kier alpha value is -3.22. The fourth-order valence-electron chi connectivity index (χ4n) is 2.46. The molecule has 2 amide bonds. The number of hydrogen-bond donors (Lipinski definition) is 2. The summed E-state index contributed by atoms with van der Waals surface area (Å²) in [6.07, 6.45) is 1.76. The number of benzene rings is 1. The van der Waals surface area contributed by atoms with Crippen LogP contribution in [0, 0.1) is 5.82 Å². The molecule has 0 bridgehead atoms. The fourth-order valence-corrected chi connectivity index (χ4v) is 2.46. The van der Waals surface area contributed by atoms with Gasteiger partial charge in [-0.2, -0.15) is 0 Å². The molecule has 0 aliphatic rings. The minimum Gasteiger partial charge on any atom is -0.366 e. The molecule has 0 fully saturated rings. The molecule has 0 spiro atoms. The zero-order valence-corrected chi connectivity index (χ0v) is 12.9. The zero-order chi connectivity index (χ0) is 17.3. The van der Waals surface area contributed by atoms with Crippen LogP contribution < -0.4 is 11.1 Å². The largest absolute Gasteiger partial charge is 0.366 e. The third kappa shape index (κ3) is 2.83. The van der Waals surface area contributed by atoms with E-state index in [1.165, 1.54) is 34.9 Å². The van der Waals surface area contributed by atoms with Crippen LogP contribution in [0.2, 0.25) is 0 Å². The molecule has 122 valence electrons. The molecule has 24 heavy (non-hydrogen) atoms. The molecule has 2 heterocycles. The summed E-state index contributed by atoms with van der Waals surface area (Å²) in [5.74, 6) is -1.41. The minimum atomic E-state index is -0.543. The number of fused-ring (bicyclic) bond motifs is 1. The van der Waals surface area contributed by atoms with Gasteiger partial charge in [-0.25, -0.2) is 9.37 Å². The molecule has 0 saturated carbocycles. The van der Waals surface area contributed by atoms with Crippen LogP contribution in [0.4, 0.5) is 10.1 Å². The highest BCUT2D eigenvalue weighted by Crippen LogP contribution is 2.17. The summed E-state index contributed by atoms with van der Waals surface area (Å²) < 4.78 is 14.9. The van der Waals surface area contributed by atoms with E-state index in [0.717, 1.165) is 0 Å². The first-order valence-corrected chi connectivity index (χ1v) is 7.37. The summed E-state index contributed by atoms with van der Waals surface area (Å²) in [6.45, 7) is 1.87. The van der Waals surface area contributed by atoms with Gasteiger partial charge in [-0.1, -0.05) is 6.92 Å². The maximum absolute atomic E-state index is 13.5. The molecular formula is C17H15FN4O2. The molecule has 6 nitrogen and oxygen atoms in total. The van der Waals surface area contributed by atoms with Crippen LogP contribution in [0.3, 0.4) is 0 Å². The topological polar surface area (TPSA) is 89.5 Å². The van der Waals surface area contributed by atoms with Gasteiger partial charge < -0.3 is 11.1 Å². The summed E-state index contributed by atoms with van der Waals surface area (Å²) in [5.41, 5.74) is 7.39. The minimum absolute atomic E-state index is 0.283. The predicted octanol–water partition coefficient (Wildman–Crippen LogP) is 2.39. The van der Waals surface area contributed by atoms with Crippen LogP contribution >= 0.6 is 0 Å². The van der Waals surface area contributed by atoms with Crippen LogP contribution in [0.1, 0.15) is 33.5 Å². The SMILES string of the molecule is CCc1nc2ccc(F)cn2c1C(=O)Nc1ccc(C(N)=O)cc1. The van der Waals surface area contributed by atoms with Crippen molar-refractivity contribution in [3.05, 3.63) is 65.4 Å². The van der Waals surface area contributed by atoms with Crippen molar-refractivity contribution in [2.75, 3.05) is 5.32 Å². The number of aryl methyl sites for hydroxylation is 1. The number of nitrogens with zero attached hydrogens (tertiary/aromatic N) is 2. The second-order valence-electron chi connectivity index (χ2n) is 5.23. The Morgan fingerprint density at radius 3 is 2.54 bits per heavy atom. The van der Waals surface area contributed by atoms with Crippen molar-refractivity contribution < 1.29 is 14.0 Å². The maximum Gasteiger partial charge on any atom is 0.274 e. The number of nitrogens with one attached hydrogen (secondary N) is 1. The third-order valence-corrected chi connectivity index (χ3v) is 3.63. The molecule has 2 aromatic heterocycles. The van der Waals surface area contributed by atoms with Crippen LogP contribution in [-0.2, 0) is 6.42 Å². The second-order valence-corrected chi connectivity index (χ2v) is 5.23. The number of carbonyl (C=O) groups is 2. The normalized spacial score (nSPS) is 10.8. The average Bonchev–Trinajstić information content (AvgIpc) is 2.93. The quantitative estimate of drug-likeness (QED) is 0.771. The molecule has 3 aromatic rings. The van der Waals surface area contributed by atoms with Gasteiger partial charge in [0.15, 0.2) is 0 Å². The molecule has 0 atom stereocenters. The number of imidazole rings is 1. The van der Waals surface area contributed by atoms with E-state index in [1.54, 1.807) is 12.1 Å².